The summed E-state index contributed by atoms with van der Waals surface area (Å²) in [7, 11) is 0. The van der Waals surface area contributed by atoms with E-state index < -0.39 is 5.54 Å². The van der Waals surface area contributed by atoms with Crippen LogP contribution in [-0.4, -0.2) is 28.3 Å². The minimum Gasteiger partial charge on any atom is -0.441 e. The molecule has 1 aromatic heterocycles. The van der Waals surface area contributed by atoms with Gasteiger partial charge in [-0.05, 0) is 32.0 Å². The first-order valence-electron chi connectivity index (χ1n) is 5.97. The van der Waals surface area contributed by atoms with Crippen LogP contribution in [0.15, 0.2) is 22.6 Å². The maximum atomic E-state index is 11.8. The lowest BCUT2D eigenvalue weighted by atomic mass is 10.1. The summed E-state index contributed by atoms with van der Waals surface area (Å²) >= 11 is 0. The zero-order chi connectivity index (χ0) is 14.0. The van der Waals surface area contributed by atoms with Crippen molar-refractivity contribution in [2.75, 3.05) is 11.9 Å². The Morgan fingerprint density at radius 1 is 1.47 bits per heavy atom. The lowest BCUT2D eigenvalue weighted by Gasteiger charge is -2.23. The summed E-state index contributed by atoms with van der Waals surface area (Å²) in [6.45, 7) is 5.10. The summed E-state index contributed by atoms with van der Waals surface area (Å²) in [6.07, 6.45) is 0. The van der Waals surface area contributed by atoms with Crippen LogP contribution < -0.4 is 10.6 Å². The SMILES string of the molecule is Cc1nc2cc(NC(=O)NC(C)(C)CO)ccc2o1. The van der Waals surface area contributed by atoms with Gasteiger partial charge in [-0.15, -0.1) is 0 Å². The first-order chi connectivity index (χ1) is 8.89. The number of aliphatic hydroxyl groups is 1. The van der Waals surface area contributed by atoms with Crippen LogP contribution >= 0.6 is 0 Å². The van der Waals surface area contributed by atoms with E-state index in [1.54, 1.807) is 39.0 Å². The monoisotopic (exact) mass is 263 g/mol. The molecule has 0 unspecified atom stereocenters. The minimum absolute atomic E-state index is 0.137. The van der Waals surface area contributed by atoms with Gasteiger partial charge in [0.1, 0.15) is 5.52 Å². The van der Waals surface area contributed by atoms with E-state index >= 15 is 0 Å². The second-order valence-corrected chi connectivity index (χ2v) is 5.04. The number of oxazole rings is 1. The Bertz CT molecular complexity index is 604. The average molecular weight is 263 g/mol. The number of carbonyl (C=O) groups is 1. The second-order valence-electron chi connectivity index (χ2n) is 5.04. The summed E-state index contributed by atoms with van der Waals surface area (Å²) in [5.41, 5.74) is 1.32. The molecule has 6 heteroatoms. The van der Waals surface area contributed by atoms with Gasteiger partial charge in [-0.1, -0.05) is 0 Å². The highest BCUT2D eigenvalue weighted by Crippen LogP contribution is 2.19. The van der Waals surface area contributed by atoms with Crippen LogP contribution in [0.3, 0.4) is 0 Å². The largest absolute Gasteiger partial charge is 0.441 e. The number of nitrogens with one attached hydrogen (secondary N) is 2. The van der Waals surface area contributed by atoms with Crippen molar-refractivity contribution in [3.05, 3.63) is 24.1 Å². The Balaban J connectivity index is 2.10. The smallest absolute Gasteiger partial charge is 0.319 e. The van der Waals surface area contributed by atoms with Gasteiger partial charge in [0, 0.05) is 12.6 Å². The summed E-state index contributed by atoms with van der Waals surface area (Å²) in [5, 5.41) is 14.4. The van der Waals surface area contributed by atoms with Gasteiger partial charge in [-0.2, -0.15) is 0 Å². The Morgan fingerprint density at radius 3 is 2.89 bits per heavy atom. The number of benzene rings is 1. The molecule has 2 rings (SSSR count). The highest BCUT2D eigenvalue weighted by atomic mass is 16.3. The number of aryl methyl sites for hydroxylation is 1. The predicted octanol–water partition coefficient (Wildman–Crippen LogP) is 2.03. The van der Waals surface area contributed by atoms with E-state index in [1.165, 1.54) is 0 Å². The minimum atomic E-state index is -0.668. The highest BCUT2D eigenvalue weighted by Gasteiger charge is 2.19. The van der Waals surface area contributed by atoms with Crippen molar-refractivity contribution >= 4 is 22.8 Å². The molecular weight excluding hydrogens is 246 g/mol. The Kier molecular flexibility index (Phi) is 3.44. The van der Waals surface area contributed by atoms with E-state index in [0.717, 1.165) is 0 Å². The van der Waals surface area contributed by atoms with E-state index in [4.69, 9.17) is 9.52 Å². The number of nitrogens with zero attached hydrogens (tertiary/aromatic N) is 1. The molecule has 0 spiro atoms. The van der Waals surface area contributed by atoms with Crippen molar-refractivity contribution in [2.24, 2.45) is 0 Å². The van der Waals surface area contributed by atoms with E-state index in [0.29, 0.717) is 22.7 Å². The van der Waals surface area contributed by atoms with Crippen molar-refractivity contribution in [1.82, 2.24) is 10.3 Å². The summed E-state index contributed by atoms with van der Waals surface area (Å²) in [5.74, 6) is 0.581. The first-order valence-corrected chi connectivity index (χ1v) is 5.97. The van der Waals surface area contributed by atoms with Crippen LogP contribution in [0.25, 0.3) is 11.1 Å². The molecule has 0 bridgehead atoms. The highest BCUT2D eigenvalue weighted by molar-refractivity contribution is 5.92. The molecule has 0 fully saturated rings. The normalized spacial score (nSPS) is 11.6. The fraction of sp³-hybridized carbons (Fsp3) is 0.385. The van der Waals surface area contributed by atoms with Crippen LogP contribution in [-0.2, 0) is 0 Å². The van der Waals surface area contributed by atoms with Crippen LogP contribution in [0.2, 0.25) is 0 Å². The third-order valence-electron chi connectivity index (χ3n) is 2.60. The lowest BCUT2D eigenvalue weighted by molar-refractivity contribution is 0.187. The van der Waals surface area contributed by atoms with Gasteiger partial charge in [0.2, 0.25) is 0 Å². The summed E-state index contributed by atoms with van der Waals surface area (Å²) in [4.78, 5) is 15.9. The standard InChI is InChI=1S/C13H17N3O3/c1-8-14-10-6-9(4-5-11(10)19-8)15-12(18)16-13(2,3)7-17/h4-6,17H,7H2,1-3H3,(H2,15,16,18). The van der Waals surface area contributed by atoms with Crippen molar-refractivity contribution in [3.63, 3.8) is 0 Å². The molecule has 0 atom stereocenters. The van der Waals surface area contributed by atoms with Crippen LogP contribution in [0.4, 0.5) is 10.5 Å². The van der Waals surface area contributed by atoms with Crippen molar-refractivity contribution < 1.29 is 14.3 Å². The zero-order valence-corrected chi connectivity index (χ0v) is 11.2. The molecule has 2 amide bonds. The number of aliphatic hydroxyl groups excluding tert-OH is 1. The number of hydrogen-bond acceptors (Lipinski definition) is 4. The molecule has 102 valence electrons. The van der Waals surface area contributed by atoms with Crippen molar-refractivity contribution in [3.8, 4) is 0 Å². The van der Waals surface area contributed by atoms with Gasteiger partial charge in [0.25, 0.3) is 0 Å². The quantitative estimate of drug-likeness (QED) is 0.790. The van der Waals surface area contributed by atoms with Crippen LogP contribution in [0.5, 0.6) is 0 Å². The number of rotatable bonds is 3. The lowest BCUT2D eigenvalue weighted by Crippen LogP contribution is -2.48. The van der Waals surface area contributed by atoms with Gasteiger partial charge in [-0.3, -0.25) is 0 Å². The van der Waals surface area contributed by atoms with E-state index in [-0.39, 0.29) is 12.6 Å². The maximum Gasteiger partial charge on any atom is 0.319 e. The Labute approximate surface area is 110 Å². The van der Waals surface area contributed by atoms with Crippen molar-refractivity contribution in [1.29, 1.82) is 0 Å². The molecule has 0 aliphatic heterocycles. The second kappa shape index (κ2) is 4.89. The van der Waals surface area contributed by atoms with Gasteiger partial charge in [0.05, 0.1) is 12.1 Å². The molecule has 0 radical (unpaired) electrons. The molecule has 0 saturated heterocycles. The molecule has 1 aromatic carbocycles. The third-order valence-corrected chi connectivity index (χ3v) is 2.60. The topological polar surface area (TPSA) is 87.4 Å². The fourth-order valence-corrected chi connectivity index (χ4v) is 1.63. The number of amides is 2. The van der Waals surface area contributed by atoms with E-state index in [2.05, 4.69) is 15.6 Å². The van der Waals surface area contributed by atoms with Gasteiger partial charge in [0.15, 0.2) is 11.5 Å². The van der Waals surface area contributed by atoms with Crippen LogP contribution in [0.1, 0.15) is 19.7 Å². The number of anilines is 1. The Hall–Kier alpha value is -2.08. The van der Waals surface area contributed by atoms with E-state index in [1.807, 2.05) is 0 Å². The molecule has 19 heavy (non-hydrogen) atoms. The molecule has 6 nitrogen and oxygen atoms in total. The number of fused-ring (bicyclic) bond motifs is 1. The fourth-order valence-electron chi connectivity index (χ4n) is 1.63. The zero-order valence-electron chi connectivity index (χ0n) is 11.2. The number of aromatic nitrogens is 1. The molecule has 1 heterocycles. The molecule has 0 aliphatic carbocycles. The number of hydrogen-bond donors (Lipinski definition) is 3. The van der Waals surface area contributed by atoms with Gasteiger partial charge < -0.3 is 20.2 Å². The average Bonchev–Trinajstić information content (AvgIpc) is 2.67. The van der Waals surface area contributed by atoms with Crippen molar-refractivity contribution in [2.45, 2.75) is 26.3 Å². The van der Waals surface area contributed by atoms with E-state index in [9.17, 15) is 4.79 Å². The number of carbonyl (C=O) groups excluding carboxylic acids is 1. The molecule has 2 aromatic rings. The molecule has 0 aliphatic rings. The third kappa shape index (κ3) is 3.23. The predicted molar refractivity (Wildman–Crippen MR) is 72.1 cm³/mol. The first kappa shape index (κ1) is 13.4. The Morgan fingerprint density at radius 2 is 2.21 bits per heavy atom. The summed E-state index contributed by atoms with van der Waals surface area (Å²) in [6, 6.07) is 4.84. The van der Waals surface area contributed by atoms with Crippen LogP contribution in [0, 0.1) is 6.92 Å². The number of urea groups is 1. The molecule has 3 N–H and O–H groups in total. The summed E-state index contributed by atoms with van der Waals surface area (Å²) < 4.78 is 5.35. The maximum absolute atomic E-state index is 11.8. The van der Waals surface area contributed by atoms with Gasteiger partial charge in [-0.25, -0.2) is 9.78 Å². The molecular formula is C13H17N3O3. The van der Waals surface area contributed by atoms with Gasteiger partial charge >= 0.3 is 6.03 Å². The molecule has 0 saturated carbocycles.